The zero-order valence-corrected chi connectivity index (χ0v) is 10.6. The van der Waals surface area contributed by atoms with E-state index in [1.807, 2.05) is 0 Å². The summed E-state index contributed by atoms with van der Waals surface area (Å²) in [5.41, 5.74) is -0.364. The van der Waals surface area contributed by atoms with Gasteiger partial charge in [0.1, 0.15) is 6.04 Å². The third kappa shape index (κ3) is 4.30. The number of pyridine rings is 1. The number of carbonyl (C=O) groups is 3. The van der Waals surface area contributed by atoms with Crippen LogP contribution >= 0.6 is 0 Å². The van der Waals surface area contributed by atoms with Gasteiger partial charge in [-0.15, -0.1) is 0 Å². The Labute approximate surface area is 113 Å². The van der Waals surface area contributed by atoms with Crippen molar-refractivity contribution in [1.29, 1.82) is 0 Å². The zero-order valence-electron chi connectivity index (χ0n) is 10.6. The molecule has 7 nitrogen and oxygen atoms in total. The van der Waals surface area contributed by atoms with E-state index in [-0.39, 0.29) is 18.4 Å². The van der Waals surface area contributed by atoms with E-state index in [0.717, 1.165) is 6.20 Å². The molecule has 0 fully saturated rings. The molecule has 1 atom stereocenters. The Morgan fingerprint density at radius 2 is 2.20 bits per heavy atom. The van der Waals surface area contributed by atoms with Gasteiger partial charge in [-0.3, -0.25) is 9.59 Å². The average molecular weight is 284 g/mol. The summed E-state index contributed by atoms with van der Waals surface area (Å²) >= 11 is 0. The van der Waals surface area contributed by atoms with Gasteiger partial charge in [-0.2, -0.15) is 4.39 Å². The number of amides is 1. The lowest BCUT2D eigenvalue weighted by Crippen LogP contribution is -2.41. The Balaban J connectivity index is 2.71. The number of nitrogens with one attached hydrogen (secondary N) is 1. The number of carboxylic acids is 1. The molecule has 1 amide bonds. The van der Waals surface area contributed by atoms with Crippen molar-refractivity contribution >= 4 is 17.8 Å². The van der Waals surface area contributed by atoms with Crippen LogP contribution in [-0.2, 0) is 14.3 Å². The number of aromatic nitrogens is 1. The molecule has 108 valence electrons. The first-order chi connectivity index (χ1) is 9.45. The monoisotopic (exact) mass is 284 g/mol. The highest BCUT2D eigenvalue weighted by Gasteiger charge is 2.23. The van der Waals surface area contributed by atoms with Gasteiger partial charge in [0.05, 0.1) is 12.7 Å². The topological polar surface area (TPSA) is 106 Å². The Bertz CT molecular complexity index is 520. The molecule has 0 spiro atoms. The molecule has 1 aromatic rings. The van der Waals surface area contributed by atoms with Gasteiger partial charge < -0.3 is 15.2 Å². The molecule has 0 aromatic carbocycles. The van der Waals surface area contributed by atoms with E-state index in [1.165, 1.54) is 19.2 Å². The van der Waals surface area contributed by atoms with Gasteiger partial charge in [-0.25, -0.2) is 9.78 Å². The third-order valence-corrected chi connectivity index (χ3v) is 2.47. The number of rotatable bonds is 6. The number of carboxylic acid groups (broad SMARTS) is 1. The number of esters is 1. The van der Waals surface area contributed by atoms with Crippen LogP contribution in [0.15, 0.2) is 18.3 Å². The molecule has 0 saturated carbocycles. The number of hydrogen-bond acceptors (Lipinski definition) is 5. The van der Waals surface area contributed by atoms with Crippen molar-refractivity contribution in [3.63, 3.8) is 0 Å². The standard InChI is InChI=1S/C12H13FN2O5/c1-20-9(16)5-4-8(12(18)19)15-11(17)7-3-2-6-14-10(7)13/h2-3,6,8H,4-5H2,1H3,(H,15,17)(H,18,19)/t8-/m1/s1. The lowest BCUT2D eigenvalue weighted by atomic mass is 10.1. The van der Waals surface area contributed by atoms with Gasteiger partial charge >= 0.3 is 11.9 Å². The van der Waals surface area contributed by atoms with Crippen molar-refractivity contribution in [3.8, 4) is 0 Å². The average Bonchev–Trinajstić information content (AvgIpc) is 2.42. The van der Waals surface area contributed by atoms with E-state index in [0.29, 0.717) is 0 Å². The molecular weight excluding hydrogens is 271 g/mol. The smallest absolute Gasteiger partial charge is 0.326 e. The fourth-order valence-corrected chi connectivity index (χ4v) is 1.41. The summed E-state index contributed by atoms with van der Waals surface area (Å²) in [7, 11) is 1.17. The molecule has 0 aliphatic rings. The van der Waals surface area contributed by atoms with Crippen LogP contribution in [0.25, 0.3) is 0 Å². The van der Waals surface area contributed by atoms with E-state index in [9.17, 15) is 18.8 Å². The highest BCUT2D eigenvalue weighted by Crippen LogP contribution is 2.06. The minimum atomic E-state index is -1.33. The second-order valence-electron chi connectivity index (χ2n) is 3.82. The summed E-state index contributed by atoms with van der Waals surface area (Å²) in [6.07, 6.45) is 0.830. The van der Waals surface area contributed by atoms with Crippen molar-refractivity contribution in [3.05, 3.63) is 29.8 Å². The molecule has 20 heavy (non-hydrogen) atoms. The molecule has 1 heterocycles. The second-order valence-corrected chi connectivity index (χ2v) is 3.82. The zero-order chi connectivity index (χ0) is 15.1. The maximum absolute atomic E-state index is 13.3. The Hall–Kier alpha value is -2.51. The van der Waals surface area contributed by atoms with Crippen molar-refractivity contribution < 1.29 is 28.6 Å². The van der Waals surface area contributed by atoms with Crippen molar-refractivity contribution in [2.45, 2.75) is 18.9 Å². The molecule has 1 aromatic heterocycles. The number of aliphatic carboxylic acids is 1. The van der Waals surface area contributed by atoms with Gasteiger partial charge in [0.25, 0.3) is 5.91 Å². The summed E-state index contributed by atoms with van der Waals surface area (Å²) in [6, 6.07) is 1.21. The second kappa shape index (κ2) is 7.17. The lowest BCUT2D eigenvalue weighted by molar-refractivity contribution is -0.142. The molecule has 2 N–H and O–H groups in total. The predicted molar refractivity (Wildman–Crippen MR) is 64.3 cm³/mol. The van der Waals surface area contributed by atoms with Gasteiger partial charge in [0, 0.05) is 12.6 Å². The minimum Gasteiger partial charge on any atom is -0.480 e. The van der Waals surface area contributed by atoms with Crippen LogP contribution in [0.2, 0.25) is 0 Å². The molecule has 0 aliphatic carbocycles. The van der Waals surface area contributed by atoms with E-state index in [2.05, 4.69) is 15.0 Å². The largest absolute Gasteiger partial charge is 0.480 e. The van der Waals surface area contributed by atoms with Crippen LogP contribution in [0.5, 0.6) is 0 Å². The predicted octanol–water partition coefficient (Wildman–Crippen LogP) is 0.357. The van der Waals surface area contributed by atoms with Gasteiger partial charge in [0.15, 0.2) is 0 Å². The first-order valence-electron chi connectivity index (χ1n) is 5.66. The van der Waals surface area contributed by atoms with Crippen molar-refractivity contribution in [1.82, 2.24) is 10.3 Å². The fourth-order valence-electron chi connectivity index (χ4n) is 1.41. The van der Waals surface area contributed by atoms with Crippen LogP contribution in [0, 0.1) is 5.95 Å². The van der Waals surface area contributed by atoms with Crippen LogP contribution in [0.1, 0.15) is 23.2 Å². The van der Waals surface area contributed by atoms with Gasteiger partial charge in [-0.05, 0) is 18.6 Å². The molecule has 0 unspecified atom stereocenters. The number of hydrogen-bond donors (Lipinski definition) is 2. The highest BCUT2D eigenvalue weighted by molar-refractivity contribution is 5.96. The van der Waals surface area contributed by atoms with E-state index in [4.69, 9.17) is 5.11 Å². The first kappa shape index (κ1) is 15.5. The van der Waals surface area contributed by atoms with Crippen molar-refractivity contribution in [2.75, 3.05) is 7.11 Å². The Morgan fingerprint density at radius 3 is 2.75 bits per heavy atom. The van der Waals surface area contributed by atoms with Gasteiger partial charge in [-0.1, -0.05) is 0 Å². The number of halogens is 1. The fraction of sp³-hybridized carbons (Fsp3) is 0.333. The number of ether oxygens (including phenoxy) is 1. The minimum absolute atomic E-state index is 0.157. The quantitative estimate of drug-likeness (QED) is 0.577. The van der Waals surface area contributed by atoms with Crippen molar-refractivity contribution in [2.24, 2.45) is 0 Å². The summed E-state index contributed by atoms with van der Waals surface area (Å²) < 4.78 is 17.6. The third-order valence-electron chi connectivity index (χ3n) is 2.47. The van der Waals surface area contributed by atoms with Gasteiger partial charge in [0.2, 0.25) is 5.95 Å². The summed E-state index contributed by atoms with van der Waals surface area (Å²) in [5, 5.41) is 11.1. The molecule has 0 bridgehead atoms. The van der Waals surface area contributed by atoms with E-state index in [1.54, 1.807) is 0 Å². The molecule has 0 radical (unpaired) electrons. The van der Waals surface area contributed by atoms with E-state index >= 15 is 0 Å². The van der Waals surface area contributed by atoms with E-state index < -0.39 is 29.8 Å². The number of carbonyl (C=O) groups excluding carboxylic acids is 2. The molecular formula is C12H13FN2O5. The number of nitrogens with zero attached hydrogens (tertiary/aromatic N) is 1. The Morgan fingerprint density at radius 1 is 1.50 bits per heavy atom. The summed E-state index contributed by atoms with van der Waals surface area (Å²) in [5.74, 6) is -3.83. The molecule has 1 rings (SSSR count). The number of methoxy groups -OCH3 is 1. The van der Waals surface area contributed by atoms with Crippen LogP contribution < -0.4 is 5.32 Å². The maximum atomic E-state index is 13.3. The molecule has 0 saturated heterocycles. The maximum Gasteiger partial charge on any atom is 0.326 e. The lowest BCUT2D eigenvalue weighted by Gasteiger charge is -2.13. The molecule has 8 heteroatoms. The normalized spacial score (nSPS) is 11.5. The first-order valence-corrected chi connectivity index (χ1v) is 5.66. The highest BCUT2D eigenvalue weighted by atomic mass is 19.1. The molecule has 0 aliphatic heterocycles. The summed E-state index contributed by atoms with van der Waals surface area (Å²) in [6.45, 7) is 0. The van der Waals surface area contributed by atoms with Crippen LogP contribution in [0.4, 0.5) is 4.39 Å². The van der Waals surface area contributed by atoms with Crippen LogP contribution in [-0.4, -0.2) is 41.1 Å². The summed E-state index contributed by atoms with van der Waals surface area (Å²) in [4.78, 5) is 36.9. The Kier molecular flexibility index (Phi) is 5.57. The van der Waals surface area contributed by atoms with Crippen LogP contribution in [0.3, 0.4) is 0 Å². The SMILES string of the molecule is COC(=O)CC[C@@H](NC(=O)c1cccnc1F)C(=O)O.